The van der Waals surface area contributed by atoms with E-state index in [-0.39, 0.29) is 12.2 Å². The third-order valence-corrected chi connectivity index (χ3v) is 4.85. The predicted octanol–water partition coefficient (Wildman–Crippen LogP) is 4.78. The standard InChI is InChI=1S/C17H17ClO2S/c18-12-4-8-14(9-5-12)21-15-10-6-13(7-11-15)20-17-3-1-2-16(17)19/h4-11,16-17,19H,1-3H2. The molecule has 0 radical (unpaired) electrons. The fraction of sp³-hybridized carbons (Fsp3) is 0.294. The number of aliphatic hydroxyl groups is 1. The van der Waals surface area contributed by atoms with E-state index >= 15 is 0 Å². The van der Waals surface area contributed by atoms with Crippen LogP contribution in [-0.4, -0.2) is 17.3 Å². The Balaban J connectivity index is 1.62. The van der Waals surface area contributed by atoms with E-state index in [1.54, 1.807) is 11.8 Å². The minimum Gasteiger partial charge on any atom is -0.488 e. The van der Waals surface area contributed by atoms with Gasteiger partial charge in [0.05, 0.1) is 6.10 Å². The second-order valence-corrected chi connectivity index (χ2v) is 6.77. The Kier molecular flexibility index (Phi) is 4.73. The molecule has 0 aromatic heterocycles. The summed E-state index contributed by atoms with van der Waals surface area (Å²) in [4.78, 5) is 2.30. The van der Waals surface area contributed by atoms with E-state index < -0.39 is 0 Å². The van der Waals surface area contributed by atoms with Gasteiger partial charge in [0.25, 0.3) is 0 Å². The van der Waals surface area contributed by atoms with Gasteiger partial charge in [-0.2, -0.15) is 0 Å². The molecule has 1 N–H and O–H groups in total. The van der Waals surface area contributed by atoms with Gasteiger partial charge < -0.3 is 9.84 Å². The van der Waals surface area contributed by atoms with Crippen LogP contribution in [-0.2, 0) is 0 Å². The summed E-state index contributed by atoms with van der Waals surface area (Å²) in [5, 5.41) is 10.5. The van der Waals surface area contributed by atoms with Crippen LogP contribution in [0.25, 0.3) is 0 Å². The molecule has 1 fully saturated rings. The zero-order valence-electron chi connectivity index (χ0n) is 11.5. The Bertz CT molecular complexity index is 583. The van der Waals surface area contributed by atoms with Crippen molar-refractivity contribution in [2.24, 2.45) is 0 Å². The quantitative estimate of drug-likeness (QED) is 0.878. The summed E-state index contributed by atoms with van der Waals surface area (Å²) in [5.41, 5.74) is 0. The molecule has 2 atom stereocenters. The highest BCUT2D eigenvalue weighted by Crippen LogP contribution is 2.31. The van der Waals surface area contributed by atoms with Crippen LogP contribution >= 0.6 is 23.4 Å². The van der Waals surface area contributed by atoms with Crippen molar-refractivity contribution in [2.75, 3.05) is 0 Å². The molecule has 1 aliphatic rings. The van der Waals surface area contributed by atoms with Crippen LogP contribution in [0.4, 0.5) is 0 Å². The van der Waals surface area contributed by atoms with Gasteiger partial charge in [-0.15, -0.1) is 0 Å². The van der Waals surface area contributed by atoms with Gasteiger partial charge in [-0.3, -0.25) is 0 Å². The summed E-state index contributed by atoms with van der Waals surface area (Å²) in [6.07, 6.45) is 2.43. The topological polar surface area (TPSA) is 29.5 Å². The first-order valence-electron chi connectivity index (χ1n) is 7.09. The van der Waals surface area contributed by atoms with Crippen LogP contribution in [0.3, 0.4) is 0 Å². The Hall–Kier alpha value is -1.16. The highest BCUT2D eigenvalue weighted by molar-refractivity contribution is 7.99. The molecular formula is C17H17ClO2S. The maximum absolute atomic E-state index is 9.78. The van der Waals surface area contributed by atoms with E-state index in [1.165, 1.54) is 0 Å². The monoisotopic (exact) mass is 320 g/mol. The first-order chi connectivity index (χ1) is 10.2. The molecule has 1 saturated carbocycles. The molecular weight excluding hydrogens is 304 g/mol. The Morgan fingerprint density at radius 1 is 0.952 bits per heavy atom. The molecule has 2 aromatic carbocycles. The SMILES string of the molecule is OC1CCCC1Oc1ccc(Sc2ccc(Cl)cc2)cc1. The number of hydrogen-bond acceptors (Lipinski definition) is 3. The van der Waals surface area contributed by atoms with Crippen LogP contribution in [0.5, 0.6) is 5.75 Å². The van der Waals surface area contributed by atoms with Gasteiger partial charge in [-0.25, -0.2) is 0 Å². The zero-order chi connectivity index (χ0) is 14.7. The third kappa shape index (κ3) is 3.94. The molecule has 3 rings (SSSR count). The maximum Gasteiger partial charge on any atom is 0.124 e. The van der Waals surface area contributed by atoms with E-state index in [0.717, 1.165) is 39.8 Å². The van der Waals surface area contributed by atoms with Crippen LogP contribution in [0, 0.1) is 0 Å². The smallest absolute Gasteiger partial charge is 0.124 e. The number of rotatable bonds is 4. The van der Waals surface area contributed by atoms with Gasteiger partial charge in [0.1, 0.15) is 11.9 Å². The number of aliphatic hydroxyl groups excluding tert-OH is 1. The summed E-state index contributed by atoms with van der Waals surface area (Å²) in [6.45, 7) is 0. The lowest BCUT2D eigenvalue weighted by atomic mass is 10.2. The number of halogens is 1. The van der Waals surface area contributed by atoms with Gasteiger partial charge >= 0.3 is 0 Å². The number of ether oxygens (including phenoxy) is 1. The van der Waals surface area contributed by atoms with Gasteiger partial charge in [-0.05, 0) is 67.8 Å². The first kappa shape index (κ1) is 14.8. The summed E-state index contributed by atoms with van der Waals surface area (Å²) >= 11 is 7.57. The van der Waals surface area contributed by atoms with E-state index in [0.29, 0.717) is 0 Å². The first-order valence-corrected chi connectivity index (χ1v) is 8.28. The van der Waals surface area contributed by atoms with Crippen molar-refractivity contribution in [2.45, 2.75) is 41.3 Å². The summed E-state index contributed by atoms with van der Waals surface area (Å²) in [7, 11) is 0. The molecule has 2 unspecified atom stereocenters. The van der Waals surface area contributed by atoms with Gasteiger partial charge in [0, 0.05) is 14.8 Å². The van der Waals surface area contributed by atoms with Gasteiger partial charge in [-0.1, -0.05) is 23.4 Å². The Labute approximate surface area is 134 Å². The van der Waals surface area contributed by atoms with E-state index in [1.807, 2.05) is 48.5 Å². The summed E-state index contributed by atoms with van der Waals surface area (Å²) in [6, 6.07) is 15.8. The van der Waals surface area contributed by atoms with Crippen molar-refractivity contribution < 1.29 is 9.84 Å². The second kappa shape index (κ2) is 6.73. The summed E-state index contributed by atoms with van der Waals surface area (Å²) in [5.74, 6) is 0.821. The molecule has 0 amide bonds. The van der Waals surface area contributed by atoms with Crippen LogP contribution < -0.4 is 4.74 Å². The molecule has 4 heteroatoms. The average Bonchev–Trinajstić information content (AvgIpc) is 2.89. The van der Waals surface area contributed by atoms with Crippen LogP contribution in [0.2, 0.25) is 5.02 Å². The fourth-order valence-electron chi connectivity index (χ4n) is 2.44. The van der Waals surface area contributed by atoms with Crippen molar-refractivity contribution in [3.63, 3.8) is 0 Å². The largest absolute Gasteiger partial charge is 0.488 e. The fourth-order valence-corrected chi connectivity index (χ4v) is 3.39. The van der Waals surface area contributed by atoms with Gasteiger partial charge in [0.2, 0.25) is 0 Å². The van der Waals surface area contributed by atoms with Crippen molar-refractivity contribution in [3.8, 4) is 5.75 Å². The lowest BCUT2D eigenvalue weighted by molar-refractivity contribution is 0.0604. The summed E-state index contributed by atoms with van der Waals surface area (Å²) < 4.78 is 5.83. The average molecular weight is 321 g/mol. The zero-order valence-corrected chi connectivity index (χ0v) is 13.1. The third-order valence-electron chi connectivity index (χ3n) is 3.58. The van der Waals surface area contributed by atoms with Crippen molar-refractivity contribution in [1.29, 1.82) is 0 Å². The van der Waals surface area contributed by atoms with E-state index in [4.69, 9.17) is 16.3 Å². The number of hydrogen-bond donors (Lipinski definition) is 1. The highest BCUT2D eigenvalue weighted by Gasteiger charge is 2.26. The molecule has 0 spiro atoms. The Morgan fingerprint density at radius 3 is 2.14 bits per heavy atom. The van der Waals surface area contributed by atoms with E-state index in [9.17, 15) is 5.11 Å². The van der Waals surface area contributed by atoms with Crippen molar-refractivity contribution in [1.82, 2.24) is 0 Å². The van der Waals surface area contributed by atoms with Gasteiger partial charge in [0.15, 0.2) is 0 Å². The molecule has 0 saturated heterocycles. The van der Waals surface area contributed by atoms with Crippen molar-refractivity contribution in [3.05, 3.63) is 53.6 Å². The normalized spacial score (nSPS) is 21.4. The lowest BCUT2D eigenvalue weighted by Gasteiger charge is -2.17. The lowest BCUT2D eigenvalue weighted by Crippen LogP contribution is -2.25. The number of benzene rings is 2. The predicted molar refractivity (Wildman–Crippen MR) is 86.3 cm³/mol. The second-order valence-electron chi connectivity index (χ2n) is 5.18. The molecule has 21 heavy (non-hydrogen) atoms. The maximum atomic E-state index is 9.78. The van der Waals surface area contributed by atoms with Crippen LogP contribution in [0.1, 0.15) is 19.3 Å². The van der Waals surface area contributed by atoms with Crippen LogP contribution in [0.15, 0.2) is 58.3 Å². The molecule has 0 aliphatic heterocycles. The molecule has 2 nitrogen and oxygen atoms in total. The molecule has 0 heterocycles. The Morgan fingerprint density at radius 2 is 1.57 bits per heavy atom. The minimum atomic E-state index is -0.326. The molecule has 0 bridgehead atoms. The van der Waals surface area contributed by atoms with E-state index in [2.05, 4.69) is 0 Å². The molecule has 110 valence electrons. The minimum absolute atomic E-state index is 0.0558. The highest BCUT2D eigenvalue weighted by atomic mass is 35.5. The molecule has 1 aliphatic carbocycles. The molecule has 2 aromatic rings. The van der Waals surface area contributed by atoms with Crippen molar-refractivity contribution >= 4 is 23.4 Å².